The molecule has 0 aromatic heterocycles. The van der Waals surface area contributed by atoms with Crippen LogP contribution in [0.5, 0.6) is 0 Å². The molecular weight excluding hydrogens is 448 g/mol. The molecule has 6 nitrogen and oxygen atoms in total. The highest BCUT2D eigenvalue weighted by atomic mass is 32.2. The van der Waals surface area contributed by atoms with E-state index in [2.05, 4.69) is 4.72 Å². The van der Waals surface area contributed by atoms with Crippen LogP contribution in [0.4, 0.5) is 5.69 Å². The molecular formula is C27H24N2O4S. The minimum atomic E-state index is -3.97. The number of Topliss-reactive ketones (excluding diaryl/α,β-unsaturated/α-hetero) is 2. The van der Waals surface area contributed by atoms with E-state index in [4.69, 9.17) is 5.26 Å². The van der Waals surface area contributed by atoms with Crippen LogP contribution < -0.4 is 4.72 Å². The van der Waals surface area contributed by atoms with E-state index in [1.54, 1.807) is 48.5 Å². The van der Waals surface area contributed by atoms with E-state index in [-0.39, 0.29) is 39.3 Å². The summed E-state index contributed by atoms with van der Waals surface area (Å²) in [6.07, 6.45) is 0.179. The molecule has 1 aliphatic rings. The van der Waals surface area contributed by atoms with Gasteiger partial charge >= 0.3 is 0 Å². The van der Waals surface area contributed by atoms with E-state index in [9.17, 15) is 18.0 Å². The predicted octanol–water partition coefficient (Wildman–Crippen LogP) is 4.89. The number of sulfonamides is 1. The minimum Gasteiger partial charge on any atom is -0.293 e. The van der Waals surface area contributed by atoms with E-state index in [1.165, 1.54) is 18.2 Å². The van der Waals surface area contributed by atoms with E-state index >= 15 is 0 Å². The summed E-state index contributed by atoms with van der Waals surface area (Å²) in [7, 11) is -3.97. The van der Waals surface area contributed by atoms with Crippen molar-refractivity contribution in [2.24, 2.45) is 5.92 Å². The number of fused-ring (bicyclic) bond motifs is 1. The summed E-state index contributed by atoms with van der Waals surface area (Å²) in [5.74, 6) is -1.68. The van der Waals surface area contributed by atoms with Crippen LogP contribution in [0.3, 0.4) is 0 Å². The SMILES string of the molecule is CC(C)(C)c1ccc(S(=O)(=O)Nc2cccc3c2C(=O)C(Cc2ccc(C#N)cc2)C3=O)cc1. The van der Waals surface area contributed by atoms with Gasteiger partial charge in [0.15, 0.2) is 11.6 Å². The van der Waals surface area contributed by atoms with Crippen molar-refractivity contribution in [3.63, 3.8) is 0 Å². The van der Waals surface area contributed by atoms with Gasteiger partial charge < -0.3 is 0 Å². The van der Waals surface area contributed by atoms with Gasteiger partial charge in [0.25, 0.3) is 10.0 Å². The molecule has 172 valence electrons. The van der Waals surface area contributed by atoms with Crippen molar-refractivity contribution < 1.29 is 18.0 Å². The Kier molecular flexibility index (Phi) is 5.88. The van der Waals surface area contributed by atoms with Gasteiger partial charge in [-0.25, -0.2) is 8.42 Å². The van der Waals surface area contributed by atoms with Gasteiger partial charge in [-0.05, 0) is 53.3 Å². The second-order valence-electron chi connectivity index (χ2n) is 9.40. The van der Waals surface area contributed by atoms with Crippen LogP contribution in [-0.2, 0) is 21.9 Å². The van der Waals surface area contributed by atoms with E-state index in [1.807, 2.05) is 26.8 Å². The van der Waals surface area contributed by atoms with Gasteiger partial charge in [0.05, 0.1) is 33.7 Å². The van der Waals surface area contributed by atoms with Crippen molar-refractivity contribution in [3.8, 4) is 6.07 Å². The number of carbonyl (C=O) groups excluding carboxylic acids is 2. The van der Waals surface area contributed by atoms with Crippen LogP contribution in [0.25, 0.3) is 0 Å². The minimum absolute atomic E-state index is 0.0732. The quantitative estimate of drug-likeness (QED) is 0.532. The number of ketones is 2. The lowest BCUT2D eigenvalue weighted by Gasteiger charge is -2.19. The normalized spacial score (nSPS) is 15.6. The number of nitrogens with one attached hydrogen (secondary N) is 1. The van der Waals surface area contributed by atoms with E-state index < -0.39 is 21.7 Å². The average molecular weight is 473 g/mol. The summed E-state index contributed by atoms with van der Waals surface area (Å²) < 4.78 is 28.6. The Labute approximate surface area is 199 Å². The molecule has 0 spiro atoms. The molecule has 0 saturated heterocycles. The van der Waals surface area contributed by atoms with Crippen LogP contribution in [0.15, 0.2) is 71.6 Å². The number of nitriles is 1. The zero-order valence-corrected chi connectivity index (χ0v) is 19.9. The first kappa shape index (κ1) is 23.4. The van der Waals surface area contributed by atoms with Gasteiger partial charge in [-0.15, -0.1) is 0 Å². The van der Waals surface area contributed by atoms with E-state index in [0.717, 1.165) is 11.1 Å². The van der Waals surface area contributed by atoms with Crippen molar-refractivity contribution in [2.45, 2.75) is 37.5 Å². The van der Waals surface area contributed by atoms with Gasteiger partial charge in [0.1, 0.15) is 0 Å². The molecule has 0 amide bonds. The largest absolute Gasteiger partial charge is 0.293 e. The predicted molar refractivity (Wildman–Crippen MR) is 129 cm³/mol. The molecule has 34 heavy (non-hydrogen) atoms. The monoisotopic (exact) mass is 472 g/mol. The Balaban J connectivity index is 1.62. The number of carbonyl (C=O) groups is 2. The second-order valence-corrected chi connectivity index (χ2v) is 11.1. The molecule has 0 saturated carbocycles. The number of hydrogen-bond donors (Lipinski definition) is 1. The molecule has 0 radical (unpaired) electrons. The van der Waals surface area contributed by atoms with Crippen molar-refractivity contribution >= 4 is 27.3 Å². The number of hydrogen-bond acceptors (Lipinski definition) is 5. The molecule has 4 rings (SSSR count). The summed E-state index contributed by atoms with van der Waals surface area (Å²) in [6.45, 7) is 6.12. The summed E-state index contributed by atoms with van der Waals surface area (Å²) in [5, 5.41) is 8.96. The molecule has 3 aromatic carbocycles. The van der Waals surface area contributed by atoms with Crippen LogP contribution in [0.2, 0.25) is 0 Å². The maximum Gasteiger partial charge on any atom is 0.261 e. The Morgan fingerprint density at radius 1 is 0.912 bits per heavy atom. The van der Waals surface area contributed by atoms with Gasteiger partial charge in [-0.2, -0.15) is 5.26 Å². The Bertz CT molecular complexity index is 1430. The van der Waals surface area contributed by atoms with Crippen LogP contribution >= 0.6 is 0 Å². The van der Waals surface area contributed by atoms with Crippen molar-refractivity contribution in [1.82, 2.24) is 0 Å². The van der Waals surface area contributed by atoms with E-state index in [0.29, 0.717) is 5.56 Å². The third kappa shape index (κ3) is 4.37. The Hall–Kier alpha value is -3.76. The lowest BCUT2D eigenvalue weighted by atomic mass is 9.87. The summed E-state index contributed by atoms with van der Waals surface area (Å²) in [6, 6.07) is 19.9. The average Bonchev–Trinajstić information content (AvgIpc) is 3.04. The number of anilines is 1. The third-order valence-corrected chi connectivity index (χ3v) is 7.39. The highest BCUT2D eigenvalue weighted by Crippen LogP contribution is 2.35. The van der Waals surface area contributed by atoms with Gasteiger partial charge in [-0.3, -0.25) is 14.3 Å². The van der Waals surface area contributed by atoms with Crippen LogP contribution in [0, 0.1) is 17.2 Å². The molecule has 1 unspecified atom stereocenters. The zero-order valence-electron chi connectivity index (χ0n) is 19.1. The topological polar surface area (TPSA) is 104 Å². The first-order chi connectivity index (χ1) is 16.0. The fourth-order valence-electron chi connectivity index (χ4n) is 4.06. The number of nitrogens with zero attached hydrogens (tertiary/aromatic N) is 1. The molecule has 0 fully saturated rings. The molecule has 1 aliphatic carbocycles. The standard InChI is InChI=1S/C27H24N2O4S/c1-27(2,3)19-11-13-20(14-12-19)34(32,33)29-23-6-4-5-21-24(23)26(31)22(25(21)30)15-17-7-9-18(16-28)10-8-17/h4-14,22,29H,15H2,1-3H3. The first-order valence-corrected chi connectivity index (χ1v) is 12.3. The number of rotatable bonds is 5. The summed E-state index contributed by atoms with van der Waals surface area (Å²) >= 11 is 0. The van der Waals surface area contributed by atoms with Crippen molar-refractivity contribution in [1.29, 1.82) is 5.26 Å². The van der Waals surface area contributed by atoms with Crippen molar-refractivity contribution in [3.05, 3.63) is 94.5 Å². The molecule has 0 aliphatic heterocycles. The lowest BCUT2D eigenvalue weighted by molar-refractivity contribution is 0.0838. The zero-order chi connectivity index (χ0) is 24.7. The smallest absolute Gasteiger partial charge is 0.261 e. The van der Waals surface area contributed by atoms with Gasteiger partial charge in [0.2, 0.25) is 0 Å². The van der Waals surface area contributed by atoms with Gasteiger partial charge in [0, 0.05) is 5.56 Å². The van der Waals surface area contributed by atoms with Crippen LogP contribution in [0.1, 0.15) is 58.2 Å². The Morgan fingerprint density at radius 3 is 2.15 bits per heavy atom. The molecule has 1 atom stereocenters. The highest BCUT2D eigenvalue weighted by Gasteiger charge is 2.40. The third-order valence-electron chi connectivity index (χ3n) is 6.01. The fourth-order valence-corrected chi connectivity index (χ4v) is 5.14. The molecule has 7 heteroatoms. The second kappa shape index (κ2) is 8.54. The highest BCUT2D eigenvalue weighted by molar-refractivity contribution is 7.92. The molecule has 3 aromatic rings. The summed E-state index contributed by atoms with van der Waals surface area (Å²) in [4.78, 5) is 26.3. The fraction of sp³-hybridized carbons (Fsp3) is 0.222. The first-order valence-electron chi connectivity index (χ1n) is 10.8. The number of benzene rings is 3. The van der Waals surface area contributed by atoms with Crippen molar-refractivity contribution in [2.75, 3.05) is 4.72 Å². The molecule has 0 heterocycles. The van der Waals surface area contributed by atoms with Gasteiger partial charge in [-0.1, -0.05) is 57.2 Å². The van der Waals surface area contributed by atoms with Crippen LogP contribution in [-0.4, -0.2) is 20.0 Å². The molecule has 1 N–H and O–H groups in total. The molecule has 0 bridgehead atoms. The maximum absolute atomic E-state index is 13.2. The Morgan fingerprint density at radius 2 is 1.56 bits per heavy atom. The maximum atomic E-state index is 13.2. The summed E-state index contributed by atoms with van der Waals surface area (Å²) in [5.41, 5.74) is 2.53. The lowest BCUT2D eigenvalue weighted by Crippen LogP contribution is -2.19.